The first kappa shape index (κ1) is 9.77. The van der Waals surface area contributed by atoms with E-state index in [0.29, 0.717) is 5.88 Å². The van der Waals surface area contributed by atoms with E-state index in [1.807, 2.05) is 26.0 Å². The zero-order valence-electron chi connectivity index (χ0n) is 9.16. The summed E-state index contributed by atoms with van der Waals surface area (Å²) < 4.78 is 5.24. The molecule has 0 radical (unpaired) electrons. The summed E-state index contributed by atoms with van der Waals surface area (Å²) in [7, 11) is 1.62. The van der Waals surface area contributed by atoms with Gasteiger partial charge < -0.3 is 10.5 Å². The third-order valence-electron chi connectivity index (χ3n) is 2.55. The van der Waals surface area contributed by atoms with Crippen molar-refractivity contribution in [2.45, 2.75) is 13.8 Å². The van der Waals surface area contributed by atoms with Crippen LogP contribution in [0.4, 0.5) is 5.69 Å². The third kappa shape index (κ3) is 1.50. The van der Waals surface area contributed by atoms with Crippen LogP contribution in [0.25, 0.3) is 10.8 Å². The molecule has 0 saturated carbocycles. The number of rotatable bonds is 1. The van der Waals surface area contributed by atoms with Gasteiger partial charge in [0.2, 0.25) is 5.88 Å². The van der Waals surface area contributed by atoms with Crippen molar-refractivity contribution < 1.29 is 4.74 Å². The van der Waals surface area contributed by atoms with E-state index in [9.17, 15) is 0 Å². The molecule has 0 aliphatic carbocycles. The van der Waals surface area contributed by atoms with Crippen LogP contribution in [0.1, 0.15) is 11.3 Å². The van der Waals surface area contributed by atoms with Gasteiger partial charge in [0.25, 0.3) is 0 Å². The Morgan fingerprint density at radius 1 is 1.20 bits per heavy atom. The highest BCUT2D eigenvalue weighted by molar-refractivity contribution is 5.97. The second kappa shape index (κ2) is 3.42. The SMILES string of the molecule is COc1nc(C)c(N)c2cc(C)ccc12. The lowest BCUT2D eigenvalue weighted by Gasteiger charge is -2.10. The van der Waals surface area contributed by atoms with E-state index in [4.69, 9.17) is 10.5 Å². The van der Waals surface area contributed by atoms with Crippen molar-refractivity contribution in [2.24, 2.45) is 0 Å². The molecule has 3 nitrogen and oxygen atoms in total. The maximum absolute atomic E-state index is 5.99. The fraction of sp³-hybridized carbons (Fsp3) is 0.250. The highest BCUT2D eigenvalue weighted by atomic mass is 16.5. The first-order valence-electron chi connectivity index (χ1n) is 4.84. The van der Waals surface area contributed by atoms with Crippen LogP contribution in [0, 0.1) is 13.8 Å². The minimum absolute atomic E-state index is 0.636. The Kier molecular flexibility index (Phi) is 2.23. The summed E-state index contributed by atoms with van der Waals surface area (Å²) in [4.78, 5) is 4.30. The van der Waals surface area contributed by atoms with Gasteiger partial charge in [0, 0.05) is 10.8 Å². The third-order valence-corrected chi connectivity index (χ3v) is 2.55. The minimum atomic E-state index is 0.636. The van der Waals surface area contributed by atoms with Crippen LogP contribution >= 0.6 is 0 Å². The van der Waals surface area contributed by atoms with Crippen molar-refractivity contribution in [3.05, 3.63) is 29.5 Å². The fourth-order valence-electron chi connectivity index (χ4n) is 1.69. The summed E-state index contributed by atoms with van der Waals surface area (Å²) in [6.45, 7) is 3.93. The normalized spacial score (nSPS) is 10.6. The lowest BCUT2D eigenvalue weighted by molar-refractivity contribution is 0.402. The Morgan fingerprint density at radius 2 is 1.93 bits per heavy atom. The van der Waals surface area contributed by atoms with Crippen LogP contribution < -0.4 is 10.5 Å². The molecule has 0 unspecified atom stereocenters. The number of ether oxygens (including phenoxy) is 1. The molecule has 0 aliphatic rings. The van der Waals surface area contributed by atoms with E-state index in [2.05, 4.69) is 11.1 Å². The average molecular weight is 202 g/mol. The molecule has 15 heavy (non-hydrogen) atoms. The maximum atomic E-state index is 5.99. The number of nitrogen functional groups attached to an aromatic ring is 1. The number of pyridine rings is 1. The van der Waals surface area contributed by atoms with Gasteiger partial charge in [-0.2, -0.15) is 0 Å². The number of anilines is 1. The van der Waals surface area contributed by atoms with Crippen LogP contribution in [0.5, 0.6) is 5.88 Å². The molecular weight excluding hydrogens is 188 g/mol. The van der Waals surface area contributed by atoms with Crippen molar-refractivity contribution >= 4 is 16.5 Å². The number of benzene rings is 1. The topological polar surface area (TPSA) is 48.1 Å². The second-order valence-corrected chi connectivity index (χ2v) is 3.67. The number of fused-ring (bicyclic) bond motifs is 1. The summed E-state index contributed by atoms with van der Waals surface area (Å²) >= 11 is 0. The zero-order chi connectivity index (χ0) is 11.0. The Bertz CT molecular complexity index is 521. The minimum Gasteiger partial charge on any atom is -0.481 e. The van der Waals surface area contributed by atoms with Gasteiger partial charge in [-0.15, -0.1) is 0 Å². The second-order valence-electron chi connectivity index (χ2n) is 3.67. The van der Waals surface area contributed by atoms with Crippen LogP contribution in [0.2, 0.25) is 0 Å². The summed E-state index contributed by atoms with van der Waals surface area (Å²) in [5.41, 5.74) is 8.72. The van der Waals surface area contributed by atoms with Crippen LogP contribution in [0.15, 0.2) is 18.2 Å². The molecule has 1 heterocycles. The molecule has 0 bridgehead atoms. The number of hydrogen-bond donors (Lipinski definition) is 1. The van der Waals surface area contributed by atoms with E-state index in [1.165, 1.54) is 5.56 Å². The van der Waals surface area contributed by atoms with Crippen molar-refractivity contribution in [2.75, 3.05) is 12.8 Å². The molecule has 78 valence electrons. The summed E-state index contributed by atoms with van der Waals surface area (Å²) in [6, 6.07) is 6.08. The molecular formula is C12H14N2O. The number of nitrogens with zero attached hydrogens (tertiary/aromatic N) is 1. The number of methoxy groups -OCH3 is 1. The van der Waals surface area contributed by atoms with E-state index in [0.717, 1.165) is 22.2 Å². The van der Waals surface area contributed by atoms with Crippen molar-refractivity contribution in [1.82, 2.24) is 4.98 Å². The Hall–Kier alpha value is -1.77. The summed E-state index contributed by atoms with van der Waals surface area (Å²) in [5, 5.41) is 1.98. The number of aromatic nitrogens is 1. The fourth-order valence-corrected chi connectivity index (χ4v) is 1.69. The molecule has 0 amide bonds. The molecule has 2 rings (SSSR count). The average Bonchev–Trinajstić information content (AvgIpc) is 2.23. The van der Waals surface area contributed by atoms with Gasteiger partial charge >= 0.3 is 0 Å². The van der Waals surface area contributed by atoms with E-state index < -0.39 is 0 Å². The van der Waals surface area contributed by atoms with Crippen LogP contribution in [-0.4, -0.2) is 12.1 Å². The number of hydrogen-bond acceptors (Lipinski definition) is 3. The predicted molar refractivity (Wildman–Crippen MR) is 62.2 cm³/mol. The molecule has 0 saturated heterocycles. The monoisotopic (exact) mass is 202 g/mol. The molecule has 2 aromatic rings. The predicted octanol–water partition coefficient (Wildman–Crippen LogP) is 2.44. The van der Waals surface area contributed by atoms with Gasteiger partial charge in [-0.05, 0) is 26.0 Å². The standard InChI is InChI=1S/C12H14N2O/c1-7-4-5-9-10(6-7)11(13)8(2)14-12(9)15-3/h4-6H,13H2,1-3H3. The van der Waals surface area contributed by atoms with Gasteiger partial charge in [0.1, 0.15) is 0 Å². The molecule has 1 aromatic heterocycles. The molecule has 0 spiro atoms. The van der Waals surface area contributed by atoms with Gasteiger partial charge in [-0.25, -0.2) is 4.98 Å². The first-order chi connectivity index (χ1) is 7.13. The Labute approximate surface area is 88.9 Å². The van der Waals surface area contributed by atoms with Gasteiger partial charge in [-0.3, -0.25) is 0 Å². The Balaban J connectivity index is 2.90. The molecule has 0 aliphatic heterocycles. The van der Waals surface area contributed by atoms with Crippen molar-refractivity contribution in [1.29, 1.82) is 0 Å². The quantitative estimate of drug-likeness (QED) is 0.772. The van der Waals surface area contributed by atoms with E-state index in [1.54, 1.807) is 7.11 Å². The van der Waals surface area contributed by atoms with E-state index >= 15 is 0 Å². The molecule has 3 heteroatoms. The highest BCUT2D eigenvalue weighted by Crippen LogP contribution is 2.30. The van der Waals surface area contributed by atoms with Crippen molar-refractivity contribution in [3.63, 3.8) is 0 Å². The highest BCUT2D eigenvalue weighted by Gasteiger charge is 2.09. The molecule has 0 atom stereocenters. The maximum Gasteiger partial charge on any atom is 0.221 e. The van der Waals surface area contributed by atoms with Gasteiger partial charge in [0.05, 0.1) is 18.5 Å². The molecule has 2 N–H and O–H groups in total. The zero-order valence-corrected chi connectivity index (χ0v) is 9.16. The number of nitrogens with two attached hydrogens (primary N) is 1. The first-order valence-corrected chi connectivity index (χ1v) is 4.84. The van der Waals surface area contributed by atoms with Crippen LogP contribution in [0.3, 0.4) is 0 Å². The molecule has 1 aromatic carbocycles. The molecule has 0 fully saturated rings. The number of aryl methyl sites for hydroxylation is 2. The summed E-state index contributed by atoms with van der Waals surface area (Å²) in [6.07, 6.45) is 0. The van der Waals surface area contributed by atoms with Gasteiger partial charge in [0.15, 0.2) is 0 Å². The van der Waals surface area contributed by atoms with Gasteiger partial charge in [-0.1, -0.05) is 11.6 Å². The Morgan fingerprint density at radius 3 is 2.60 bits per heavy atom. The smallest absolute Gasteiger partial charge is 0.221 e. The lowest BCUT2D eigenvalue weighted by atomic mass is 10.1. The van der Waals surface area contributed by atoms with Crippen molar-refractivity contribution in [3.8, 4) is 5.88 Å². The van der Waals surface area contributed by atoms with Crippen LogP contribution in [-0.2, 0) is 0 Å². The van der Waals surface area contributed by atoms with E-state index in [-0.39, 0.29) is 0 Å². The summed E-state index contributed by atoms with van der Waals surface area (Å²) in [5.74, 6) is 0.636. The lowest BCUT2D eigenvalue weighted by Crippen LogP contribution is -1.98. The largest absolute Gasteiger partial charge is 0.481 e.